The molecule has 3 aromatic rings. The minimum absolute atomic E-state index is 0.147. The normalized spacial score (nSPS) is 15.1. The van der Waals surface area contributed by atoms with E-state index >= 15 is 0 Å². The van der Waals surface area contributed by atoms with Crippen LogP contribution in [0.2, 0.25) is 0 Å². The fourth-order valence-corrected chi connectivity index (χ4v) is 3.96. The maximum atomic E-state index is 12.9. The summed E-state index contributed by atoms with van der Waals surface area (Å²) in [7, 11) is 0. The molecule has 2 N–H and O–H groups in total. The van der Waals surface area contributed by atoms with Crippen molar-refractivity contribution in [2.75, 3.05) is 36.5 Å². The smallest absolute Gasteiger partial charge is 0.337 e. The molecule has 0 aliphatic carbocycles. The van der Waals surface area contributed by atoms with Crippen LogP contribution in [0.25, 0.3) is 5.65 Å². The number of carboxylic acids is 1. The van der Waals surface area contributed by atoms with Crippen LogP contribution in [0.5, 0.6) is 0 Å². The van der Waals surface area contributed by atoms with E-state index < -0.39 is 5.97 Å². The van der Waals surface area contributed by atoms with Gasteiger partial charge in [-0.05, 0) is 44.0 Å². The van der Waals surface area contributed by atoms with Crippen molar-refractivity contribution in [1.29, 1.82) is 0 Å². The standard InChI is InChI=1S/C23H26N4O4/c1-14-11-18(16(3)24-21-15(2)5-4-6-17(21)23(29)30)22-25-19(12-20(28)27(22)13-14)26-7-9-31-10-8-26/h4-6,11-13,16,24H,7-10H2,1-3H3,(H,29,30). The third kappa shape index (κ3) is 4.11. The van der Waals surface area contributed by atoms with Gasteiger partial charge in [0.15, 0.2) is 0 Å². The first kappa shape index (κ1) is 20.9. The lowest BCUT2D eigenvalue weighted by atomic mass is 10.0. The molecule has 3 heterocycles. The number of pyridine rings is 1. The number of nitrogens with zero attached hydrogens (tertiary/aromatic N) is 3. The predicted octanol–water partition coefficient (Wildman–Crippen LogP) is 3.02. The van der Waals surface area contributed by atoms with E-state index in [0.29, 0.717) is 43.5 Å². The van der Waals surface area contributed by atoms with Gasteiger partial charge in [0, 0.05) is 30.9 Å². The zero-order chi connectivity index (χ0) is 22.1. The number of ether oxygens (including phenoxy) is 1. The van der Waals surface area contributed by atoms with Crippen LogP contribution in [0.4, 0.5) is 11.5 Å². The van der Waals surface area contributed by atoms with E-state index in [1.807, 2.05) is 32.9 Å². The second kappa shape index (κ2) is 8.39. The lowest BCUT2D eigenvalue weighted by molar-refractivity contribution is 0.0697. The number of rotatable bonds is 5. The Kier molecular flexibility index (Phi) is 5.65. The molecule has 1 fully saturated rings. The van der Waals surface area contributed by atoms with E-state index in [0.717, 1.165) is 16.7 Å². The van der Waals surface area contributed by atoms with Crippen molar-refractivity contribution in [2.45, 2.75) is 26.8 Å². The molecule has 1 aliphatic rings. The summed E-state index contributed by atoms with van der Waals surface area (Å²) >= 11 is 0. The highest BCUT2D eigenvalue weighted by Crippen LogP contribution is 2.28. The van der Waals surface area contributed by atoms with E-state index in [1.165, 1.54) is 0 Å². The fraction of sp³-hybridized carbons (Fsp3) is 0.348. The van der Waals surface area contributed by atoms with Gasteiger partial charge in [0.2, 0.25) is 0 Å². The van der Waals surface area contributed by atoms with Crippen LogP contribution in [-0.4, -0.2) is 46.8 Å². The topological polar surface area (TPSA) is 96.2 Å². The molecule has 0 saturated carbocycles. The summed E-state index contributed by atoms with van der Waals surface area (Å²) in [4.78, 5) is 31.5. The monoisotopic (exact) mass is 422 g/mol. The number of hydrogen-bond acceptors (Lipinski definition) is 6. The van der Waals surface area contributed by atoms with Crippen LogP contribution in [0.15, 0.2) is 41.3 Å². The molecule has 1 atom stereocenters. The fourth-order valence-electron chi connectivity index (χ4n) is 3.96. The van der Waals surface area contributed by atoms with Crippen molar-refractivity contribution in [3.63, 3.8) is 0 Å². The van der Waals surface area contributed by atoms with Gasteiger partial charge in [-0.25, -0.2) is 9.78 Å². The number of carbonyl (C=O) groups is 1. The van der Waals surface area contributed by atoms with E-state index in [4.69, 9.17) is 9.72 Å². The molecule has 2 aromatic heterocycles. The van der Waals surface area contributed by atoms with Crippen LogP contribution in [0.1, 0.15) is 40.0 Å². The Labute approximate surface area is 180 Å². The molecular formula is C23H26N4O4. The summed E-state index contributed by atoms with van der Waals surface area (Å²) < 4.78 is 6.97. The average molecular weight is 422 g/mol. The minimum Gasteiger partial charge on any atom is -0.478 e. The Morgan fingerprint density at radius 1 is 1.23 bits per heavy atom. The van der Waals surface area contributed by atoms with Gasteiger partial charge in [0.1, 0.15) is 11.5 Å². The van der Waals surface area contributed by atoms with Crippen molar-refractivity contribution in [3.05, 3.63) is 69.1 Å². The highest BCUT2D eigenvalue weighted by molar-refractivity contribution is 5.95. The molecule has 1 aromatic carbocycles. The Morgan fingerprint density at radius 2 is 1.97 bits per heavy atom. The summed E-state index contributed by atoms with van der Waals surface area (Å²) in [6.45, 7) is 8.31. The molecule has 1 aliphatic heterocycles. The summed E-state index contributed by atoms with van der Waals surface area (Å²) in [5, 5.41) is 12.9. The molecule has 1 saturated heterocycles. The number of aryl methyl sites for hydroxylation is 2. The molecule has 162 valence electrons. The maximum absolute atomic E-state index is 12.9. The van der Waals surface area contributed by atoms with Crippen molar-refractivity contribution < 1.29 is 14.6 Å². The van der Waals surface area contributed by atoms with Gasteiger partial charge in [0.25, 0.3) is 5.56 Å². The highest BCUT2D eigenvalue weighted by atomic mass is 16.5. The summed E-state index contributed by atoms with van der Waals surface area (Å²) in [5.41, 5.74) is 3.77. The van der Waals surface area contributed by atoms with Crippen LogP contribution < -0.4 is 15.8 Å². The van der Waals surface area contributed by atoms with E-state index in [-0.39, 0.29) is 17.2 Å². The summed E-state index contributed by atoms with van der Waals surface area (Å²) in [6, 6.07) is 8.45. The van der Waals surface area contributed by atoms with Crippen molar-refractivity contribution in [1.82, 2.24) is 9.38 Å². The van der Waals surface area contributed by atoms with Gasteiger partial charge in [-0.1, -0.05) is 12.1 Å². The Bertz CT molecular complexity index is 1200. The summed E-state index contributed by atoms with van der Waals surface area (Å²) in [6.07, 6.45) is 1.78. The van der Waals surface area contributed by atoms with Crippen LogP contribution in [-0.2, 0) is 4.74 Å². The SMILES string of the molecule is Cc1cc(C(C)Nc2c(C)cccc2C(=O)O)c2nc(N3CCOCC3)cc(=O)n2c1. The molecule has 1 unspecified atom stereocenters. The molecule has 0 radical (unpaired) electrons. The second-order valence-corrected chi connectivity index (χ2v) is 7.89. The first-order chi connectivity index (χ1) is 14.8. The zero-order valence-corrected chi connectivity index (χ0v) is 17.9. The van der Waals surface area contributed by atoms with Crippen LogP contribution in [0.3, 0.4) is 0 Å². The van der Waals surface area contributed by atoms with Gasteiger partial charge >= 0.3 is 5.97 Å². The molecule has 0 amide bonds. The second-order valence-electron chi connectivity index (χ2n) is 7.89. The number of para-hydroxylation sites is 1. The number of benzene rings is 1. The molecule has 8 heteroatoms. The van der Waals surface area contributed by atoms with Gasteiger partial charge in [0.05, 0.1) is 30.5 Å². The van der Waals surface area contributed by atoms with E-state index in [1.54, 1.807) is 28.8 Å². The molecule has 0 bridgehead atoms. The summed E-state index contributed by atoms with van der Waals surface area (Å²) in [5.74, 6) is -0.357. The number of anilines is 2. The number of aromatic carboxylic acids is 1. The Morgan fingerprint density at radius 3 is 2.68 bits per heavy atom. The molecule has 0 spiro atoms. The van der Waals surface area contributed by atoms with Gasteiger partial charge in [-0.3, -0.25) is 9.20 Å². The number of nitrogens with one attached hydrogen (secondary N) is 1. The van der Waals surface area contributed by atoms with Gasteiger partial charge in [-0.2, -0.15) is 0 Å². The largest absolute Gasteiger partial charge is 0.478 e. The predicted molar refractivity (Wildman–Crippen MR) is 119 cm³/mol. The van der Waals surface area contributed by atoms with Crippen LogP contribution in [0, 0.1) is 13.8 Å². The Hall–Kier alpha value is -3.39. The lowest BCUT2D eigenvalue weighted by Gasteiger charge is -2.28. The maximum Gasteiger partial charge on any atom is 0.337 e. The Balaban J connectivity index is 1.80. The van der Waals surface area contributed by atoms with Crippen LogP contribution >= 0.6 is 0 Å². The lowest BCUT2D eigenvalue weighted by Crippen LogP contribution is -2.37. The highest BCUT2D eigenvalue weighted by Gasteiger charge is 2.20. The number of aromatic nitrogens is 2. The van der Waals surface area contributed by atoms with Crippen molar-refractivity contribution in [3.8, 4) is 0 Å². The third-order valence-electron chi connectivity index (χ3n) is 5.58. The average Bonchev–Trinajstić information content (AvgIpc) is 2.75. The molecular weight excluding hydrogens is 396 g/mol. The third-order valence-corrected chi connectivity index (χ3v) is 5.58. The zero-order valence-electron chi connectivity index (χ0n) is 17.9. The van der Waals surface area contributed by atoms with E-state index in [2.05, 4.69) is 10.2 Å². The van der Waals surface area contributed by atoms with E-state index in [9.17, 15) is 14.7 Å². The number of carboxylic acid groups (broad SMARTS) is 1. The molecule has 4 rings (SSSR count). The van der Waals surface area contributed by atoms with Crippen molar-refractivity contribution >= 4 is 23.1 Å². The first-order valence-corrected chi connectivity index (χ1v) is 10.3. The molecule has 8 nitrogen and oxygen atoms in total. The number of morpholine rings is 1. The number of fused-ring (bicyclic) bond motifs is 1. The number of hydrogen-bond donors (Lipinski definition) is 2. The molecule has 31 heavy (non-hydrogen) atoms. The van der Waals surface area contributed by atoms with Crippen molar-refractivity contribution in [2.24, 2.45) is 0 Å². The minimum atomic E-state index is -0.989. The van der Waals surface area contributed by atoms with Gasteiger partial charge < -0.3 is 20.1 Å². The van der Waals surface area contributed by atoms with Gasteiger partial charge in [-0.15, -0.1) is 0 Å². The first-order valence-electron chi connectivity index (χ1n) is 10.3. The quantitative estimate of drug-likeness (QED) is 0.652.